The predicted octanol–water partition coefficient (Wildman–Crippen LogP) is 3.49. The first kappa shape index (κ1) is 11.0. The molecule has 3 nitrogen and oxygen atoms in total. The van der Waals surface area contributed by atoms with Crippen LogP contribution >= 0.6 is 15.9 Å². The summed E-state index contributed by atoms with van der Waals surface area (Å²) in [4.78, 5) is 7.53. The van der Waals surface area contributed by atoms with Gasteiger partial charge in [-0.2, -0.15) is 0 Å². The molecular weight excluding hydrogens is 244 g/mol. The number of halogens is 1. The van der Waals surface area contributed by atoms with Gasteiger partial charge in [-0.25, -0.2) is 0 Å². The fraction of sp³-hybridized carbons (Fsp3) is 0.400. The molecule has 1 unspecified atom stereocenters. The summed E-state index contributed by atoms with van der Waals surface area (Å²) in [5.41, 5.74) is 1.01. The maximum atomic E-state index is 6.91. The van der Waals surface area contributed by atoms with E-state index in [1.54, 1.807) is 6.20 Å². The molecule has 4 heteroatoms. The number of ether oxygens (including phenoxy) is 1. The van der Waals surface area contributed by atoms with E-state index in [1.165, 1.54) is 0 Å². The van der Waals surface area contributed by atoms with Crippen LogP contribution in [0, 0.1) is 6.57 Å². The Morgan fingerprint density at radius 1 is 1.71 bits per heavy atom. The Morgan fingerprint density at radius 3 is 2.93 bits per heavy atom. The molecule has 1 rings (SSSR count). The maximum absolute atomic E-state index is 6.91. The highest BCUT2D eigenvalue weighted by Gasteiger charge is 2.10. The minimum absolute atomic E-state index is 0.217. The molecule has 0 aliphatic heterocycles. The summed E-state index contributed by atoms with van der Waals surface area (Å²) in [6.07, 6.45) is 1.69. The number of pyridine rings is 1. The van der Waals surface area contributed by atoms with Crippen molar-refractivity contribution in [2.45, 2.75) is 18.7 Å². The van der Waals surface area contributed by atoms with Crippen molar-refractivity contribution in [3.8, 4) is 5.75 Å². The molecule has 0 fully saturated rings. The number of aromatic nitrogens is 1. The summed E-state index contributed by atoms with van der Waals surface area (Å²) in [5, 5.41) is 0. The normalized spacial score (nSPS) is 11.9. The molecule has 74 valence electrons. The lowest BCUT2D eigenvalue weighted by Crippen LogP contribution is -1.95. The standard InChI is InChI=1S/C10H11BrN2O/c1-4-14-9-5-8(7(2)11)6-13-10(9)12-3/h5-7H,4H2,1-2H3. The van der Waals surface area contributed by atoms with Crippen LogP contribution in [0.15, 0.2) is 12.3 Å². The molecule has 1 atom stereocenters. The second kappa shape index (κ2) is 4.97. The Morgan fingerprint density at radius 2 is 2.43 bits per heavy atom. The molecular formula is C10H11BrN2O. The summed E-state index contributed by atoms with van der Waals surface area (Å²) in [6, 6.07) is 1.85. The van der Waals surface area contributed by atoms with Gasteiger partial charge in [0.2, 0.25) is 0 Å². The van der Waals surface area contributed by atoms with E-state index in [2.05, 4.69) is 25.8 Å². The van der Waals surface area contributed by atoms with Crippen molar-refractivity contribution >= 4 is 21.7 Å². The first-order chi connectivity index (χ1) is 6.69. The van der Waals surface area contributed by atoms with Crippen LogP contribution in [0.25, 0.3) is 4.85 Å². The van der Waals surface area contributed by atoms with Crippen LogP contribution in [0.4, 0.5) is 5.82 Å². The SMILES string of the molecule is [C-]#[N+]c1ncc(C(C)Br)cc1OCC. The lowest BCUT2D eigenvalue weighted by atomic mass is 10.2. The minimum Gasteiger partial charge on any atom is -0.503 e. The first-order valence-corrected chi connectivity index (χ1v) is 5.24. The summed E-state index contributed by atoms with van der Waals surface area (Å²) in [5.74, 6) is 0.884. The summed E-state index contributed by atoms with van der Waals surface area (Å²) in [7, 11) is 0. The summed E-state index contributed by atoms with van der Waals surface area (Å²) < 4.78 is 5.32. The van der Waals surface area contributed by atoms with Crippen LogP contribution in [0.5, 0.6) is 5.75 Å². The molecule has 0 N–H and O–H groups in total. The second-order valence-electron chi connectivity index (χ2n) is 2.75. The quantitative estimate of drug-likeness (QED) is 0.610. The molecule has 1 aromatic rings. The molecule has 0 aliphatic rings. The lowest BCUT2D eigenvalue weighted by molar-refractivity contribution is 0.341. The van der Waals surface area contributed by atoms with Gasteiger partial charge in [0.05, 0.1) is 6.61 Å². The van der Waals surface area contributed by atoms with Crippen molar-refractivity contribution in [2.75, 3.05) is 6.61 Å². The minimum atomic E-state index is 0.217. The largest absolute Gasteiger partial charge is 0.503 e. The molecule has 0 amide bonds. The van der Waals surface area contributed by atoms with Gasteiger partial charge in [-0.1, -0.05) is 22.5 Å². The van der Waals surface area contributed by atoms with Gasteiger partial charge in [-0.15, -0.1) is 4.98 Å². The molecule has 0 aliphatic carbocycles. The van der Waals surface area contributed by atoms with Gasteiger partial charge in [0.1, 0.15) is 11.9 Å². The molecule has 0 saturated heterocycles. The molecule has 0 aromatic carbocycles. The van der Waals surface area contributed by atoms with Gasteiger partial charge in [0.15, 0.2) is 0 Å². The number of hydrogen-bond acceptors (Lipinski definition) is 2. The van der Waals surface area contributed by atoms with Crippen molar-refractivity contribution in [1.82, 2.24) is 4.98 Å². The van der Waals surface area contributed by atoms with Gasteiger partial charge in [0.25, 0.3) is 0 Å². The van der Waals surface area contributed by atoms with Crippen molar-refractivity contribution < 1.29 is 4.74 Å². The van der Waals surface area contributed by atoms with E-state index in [0.717, 1.165) is 5.56 Å². The van der Waals surface area contributed by atoms with Gasteiger partial charge >= 0.3 is 5.82 Å². The zero-order chi connectivity index (χ0) is 10.6. The average Bonchev–Trinajstić information content (AvgIpc) is 2.18. The van der Waals surface area contributed by atoms with E-state index in [-0.39, 0.29) is 4.83 Å². The highest BCUT2D eigenvalue weighted by atomic mass is 79.9. The van der Waals surface area contributed by atoms with E-state index in [0.29, 0.717) is 18.2 Å². The van der Waals surface area contributed by atoms with Crippen LogP contribution in [0.1, 0.15) is 24.2 Å². The van der Waals surface area contributed by atoms with Crippen LogP contribution in [-0.2, 0) is 0 Å². The van der Waals surface area contributed by atoms with Gasteiger partial charge in [-0.3, -0.25) is 0 Å². The Labute approximate surface area is 92.1 Å². The van der Waals surface area contributed by atoms with E-state index in [9.17, 15) is 0 Å². The monoisotopic (exact) mass is 254 g/mol. The van der Waals surface area contributed by atoms with Gasteiger partial charge in [-0.05, 0) is 19.9 Å². The highest BCUT2D eigenvalue weighted by Crippen LogP contribution is 2.30. The first-order valence-electron chi connectivity index (χ1n) is 4.33. The van der Waals surface area contributed by atoms with E-state index >= 15 is 0 Å². The maximum Gasteiger partial charge on any atom is 0.311 e. The number of alkyl halides is 1. The number of hydrogen-bond donors (Lipinski definition) is 0. The average molecular weight is 255 g/mol. The zero-order valence-corrected chi connectivity index (χ0v) is 9.71. The molecule has 1 heterocycles. The Kier molecular flexibility index (Phi) is 3.90. The van der Waals surface area contributed by atoms with Gasteiger partial charge < -0.3 is 9.58 Å². The van der Waals surface area contributed by atoms with Crippen molar-refractivity contribution in [1.29, 1.82) is 0 Å². The lowest BCUT2D eigenvalue weighted by Gasteiger charge is -2.07. The third kappa shape index (κ3) is 2.46. The van der Waals surface area contributed by atoms with Gasteiger partial charge in [0, 0.05) is 10.4 Å². The van der Waals surface area contributed by atoms with Crippen molar-refractivity contribution in [3.05, 3.63) is 29.2 Å². The second-order valence-corrected chi connectivity index (χ2v) is 4.12. The Balaban J connectivity index is 3.09. The van der Waals surface area contributed by atoms with Crippen molar-refractivity contribution in [3.63, 3.8) is 0 Å². The molecule has 14 heavy (non-hydrogen) atoms. The van der Waals surface area contributed by atoms with Crippen LogP contribution in [0.3, 0.4) is 0 Å². The molecule has 0 saturated carbocycles. The third-order valence-corrected chi connectivity index (χ3v) is 2.25. The van der Waals surface area contributed by atoms with Crippen molar-refractivity contribution in [2.24, 2.45) is 0 Å². The smallest absolute Gasteiger partial charge is 0.311 e. The fourth-order valence-electron chi connectivity index (χ4n) is 1.02. The zero-order valence-electron chi connectivity index (χ0n) is 8.12. The molecule has 1 aromatic heterocycles. The third-order valence-electron chi connectivity index (χ3n) is 1.72. The van der Waals surface area contributed by atoms with Crippen LogP contribution in [0.2, 0.25) is 0 Å². The number of rotatable bonds is 3. The molecule has 0 bridgehead atoms. The number of nitrogens with zero attached hydrogens (tertiary/aromatic N) is 2. The van der Waals surface area contributed by atoms with E-state index in [1.807, 2.05) is 19.9 Å². The van der Waals surface area contributed by atoms with E-state index in [4.69, 9.17) is 11.3 Å². The van der Waals surface area contributed by atoms with E-state index < -0.39 is 0 Å². The predicted molar refractivity (Wildman–Crippen MR) is 59.0 cm³/mol. The van der Waals surface area contributed by atoms with Crippen LogP contribution < -0.4 is 4.74 Å². The molecule has 0 spiro atoms. The fourth-order valence-corrected chi connectivity index (χ4v) is 1.27. The topological polar surface area (TPSA) is 26.5 Å². The summed E-state index contributed by atoms with van der Waals surface area (Å²) >= 11 is 3.44. The van der Waals surface area contributed by atoms with Crippen LogP contribution in [-0.4, -0.2) is 11.6 Å². The Bertz CT molecular complexity index is 358. The Hall–Kier alpha value is -1.08. The summed E-state index contributed by atoms with van der Waals surface area (Å²) in [6.45, 7) is 11.3. The highest BCUT2D eigenvalue weighted by molar-refractivity contribution is 9.09. The molecule has 0 radical (unpaired) electrons.